The second-order valence-electron chi connectivity index (χ2n) is 5.30. The smallest absolute Gasteiger partial charge is 0.275 e. The van der Waals surface area contributed by atoms with Gasteiger partial charge in [-0.2, -0.15) is 0 Å². The van der Waals surface area contributed by atoms with Crippen LogP contribution in [0.25, 0.3) is 0 Å². The van der Waals surface area contributed by atoms with Crippen molar-refractivity contribution in [2.24, 2.45) is 0 Å². The van der Waals surface area contributed by atoms with Crippen LogP contribution in [0.2, 0.25) is 0 Å². The summed E-state index contributed by atoms with van der Waals surface area (Å²) in [5.74, 6) is 0. The van der Waals surface area contributed by atoms with Crippen LogP contribution >= 0.6 is 0 Å². The molecule has 0 aliphatic rings. The van der Waals surface area contributed by atoms with Crippen molar-refractivity contribution in [3.63, 3.8) is 0 Å². The summed E-state index contributed by atoms with van der Waals surface area (Å²) in [6.45, 7) is 10.2. The van der Waals surface area contributed by atoms with E-state index >= 15 is 0 Å². The molecule has 0 radical (unpaired) electrons. The summed E-state index contributed by atoms with van der Waals surface area (Å²) in [5.41, 5.74) is 0.957. The molecule has 5 nitrogen and oxygen atoms in total. The average Bonchev–Trinajstić information content (AvgIpc) is 2.33. The number of aliphatic hydroxyl groups is 1. The molecule has 0 fully saturated rings. The lowest BCUT2D eigenvalue weighted by Crippen LogP contribution is -2.41. The SMILES string of the molecule is C=CCN(c1ccc([N+](=O)[O-])c(CO)c1)C(C)(C)C. The summed E-state index contributed by atoms with van der Waals surface area (Å²) in [4.78, 5) is 12.4. The fourth-order valence-corrected chi connectivity index (χ4v) is 1.94. The van der Waals surface area contributed by atoms with Crippen LogP contribution in [0.5, 0.6) is 0 Å². The molecular weight excluding hydrogens is 244 g/mol. The number of anilines is 1. The standard InChI is InChI=1S/C14H20N2O3/c1-5-8-15(14(2,3)4)12-6-7-13(16(18)19)11(9-12)10-17/h5-7,9,17H,1,8,10H2,2-4H3. The maximum atomic E-state index is 10.8. The van der Waals surface area contributed by atoms with Gasteiger partial charge in [-0.25, -0.2) is 0 Å². The lowest BCUT2D eigenvalue weighted by atomic mass is 10.0. The number of nitro benzene ring substituents is 1. The van der Waals surface area contributed by atoms with Crippen LogP contribution in [-0.2, 0) is 6.61 Å². The van der Waals surface area contributed by atoms with Crippen LogP contribution < -0.4 is 4.90 Å². The van der Waals surface area contributed by atoms with Crippen molar-refractivity contribution in [2.75, 3.05) is 11.4 Å². The zero-order valence-electron chi connectivity index (χ0n) is 11.6. The predicted octanol–water partition coefficient (Wildman–Crippen LogP) is 2.88. The third kappa shape index (κ3) is 3.54. The Labute approximate surface area is 113 Å². The first-order valence-electron chi connectivity index (χ1n) is 6.08. The van der Waals surface area contributed by atoms with E-state index in [2.05, 4.69) is 32.3 Å². The molecule has 0 atom stereocenters. The highest BCUT2D eigenvalue weighted by molar-refractivity contribution is 5.57. The van der Waals surface area contributed by atoms with Crippen LogP contribution in [0, 0.1) is 10.1 Å². The molecule has 0 aliphatic carbocycles. The van der Waals surface area contributed by atoms with Gasteiger partial charge in [-0.05, 0) is 32.9 Å². The number of rotatable bonds is 5. The Morgan fingerprint density at radius 3 is 2.53 bits per heavy atom. The van der Waals surface area contributed by atoms with E-state index in [0.717, 1.165) is 5.69 Å². The lowest BCUT2D eigenvalue weighted by molar-refractivity contribution is -0.385. The van der Waals surface area contributed by atoms with E-state index in [-0.39, 0.29) is 17.8 Å². The van der Waals surface area contributed by atoms with Gasteiger partial charge >= 0.3 is 0 Å². The van der Waals surface area contributed by atoms with E-state index in [1.807, 2.05) is 0 Å². The van der Waals surface area contributed by atoms with Crippen LogP contribution in [0.1, 0.15) is 26.3 Å². The summed E-state index contributed by atoms with van der Waals surface area (Å²) >= 11 is 0. The zero-order valence-corrected chi connectivity index (χ0v) is 11.6. The predicted molar refractivity (Wildman–Crippen MR) is 76.3 cm³/mol. The Morgan fingerprint density at radius 2 is 2.11 bits per heavy atom. The minimum Gasteiger partial charge on any atom is -0.391 e. The van der Waals surface area contributed by atoms with Gasteiger partial charge in [0.2, 0.25) is 0 Å². The normalized spacial score (nSPS) is 11.2. The number of nitrogens with zero attached hydrogens (tertiary/aromatic N) is 2. The molecule has 19 heavy (non-hydrogen) atoms. The van der Waals surface area contributed by atoms with Crippen LogP contribution in [0.4, 0.5) is 11.4 Å². The molecule has 104 valence electrons. The summed E-state index contributed by atoms with van der Waals surface area (Å²) in [6, 6.07) is 4.79. The quantitative estimate of drug-likeness (QED) is 0.504. The molecule has 0 spiro atoms. The van der Waals surface area contributed by atoms with E-state index in [0.29, 0.717) is 12.1 Å². The molecule has 0 unspecified atom stereocenters. The average molecular weight is 264 g/mol. The Hall–Kier alpha value is -1.88. The number of hydrogen-bond acceptors (Lipinski definition) is 4. The molecule has 1 aromatic carbocycles. The summed E-state index contributed by atoms with van der Waals surface area (Å²) in [5, 5.41) is 20.1. The minimum atomic E-state index is -0.482. The van der Waals surface area contributed by atoms with Crippen LogP contribution in [0.15, 0.2) is 30.9 Å². The molecule has 0 saturated heterocycles. The molecule has 0 saturated carbocycles. The molecule has 0 amide bonds. The second-order valence-corrected chi connectivity index (χ2v) is 5.30. The topological polar surface area (TPSA) is 66.6 Å². The third-order valence-corrected chi connectivity index (χ3v) is 2.86. The van der Waals surface area contributed by atoms with E-state index < -0.39 is 4.92 Å². The fraction of sp³-hybridized carbons (Fsp3) is 0.429. The maximum absolute atomic E-state index is 10.8. The first-order valence-corrected chi connectivity index (χ1v) is 6.08. The van der Waals surface area contributed by atoms with Gasteiger partial charge < -0.3 is 10.0 Å². The van der Waals surface area contributed by atoms with Crippen molar-refractivity contribution in [3.8, 4) is 0 Å². The number of hydrogen-bond donors (Lipinski definition) is 1. The second kappa shape index (κ2) is 5.84. The number of nitro groups is 1. The zero-order chi connectivity index (χ0) is 14.6. The lowest BCUT2D eigenvalue weighted by Gasteiger charge is -2.37. The summed E-state index contributed by atoms with van der Waals surface area (Å²) in [7, 11) is 0. The van der Waals surface area contributed by atoms with Gasteiger partial charge in [-0.3, -0.25) is 10.1 Å². The Bertz CT molecular complexity index is 478. The van der Waals surface area contributed by atoms with Crippen molar-refractivity contribution >= 4 is 11.4 Å². The third-order valence-electron chi connectivity index (χ3n) is 2.86. The van der Waals surface area contributed by atoms with Crippen molar-refractivity contribution in [3.05, 3.63) is 46.5 Å². The Balaban J connectivity index is 3.26. The highest BCUT2D eigenvalue weighted by atomic mass is 16.6. The molecular formula is C14H20N2O3. The number of aliphatic hydroxyl groups excluding tert-OH is 1. The Morgan fingerprint density at radius 1 is 1.47 bits per heavy atom. The van der Waals surface area contributed by atoms with Gasteiger partial charge in [0, 0.05) is 23.8 Å². The first kappa shape index (κ1) is 15.2. The van der Waals surface area contributed by atoms with Crippen LogP contribution in [-0.4, -0.2) is 22.1 Å². The highest BCUT2D eigenvalue weighted by Gasteiger charge is 2.22. The molecule has 1 aromatic rings. The van der Waals surface area contributed by atoms with Gasteiger partial charge in [0.25, 0.3) is 5.69 Å². The van der Waals surface area contributed by atoms with Gasteiger partial charge in [0.1, 0.15) is 0 Å². The van der Waals surface area contributed by atoms with Gasteiger partial charge in [-0.1, -0.05) is 6.08 Å². The van der Waals surface area contributed by atoms with Crippen molar-refractivity contribution < 1.29 is 10.0 Å². The van der Waals surface area contributed by atoms with E-state index in [1.165, 1.54) is 6.07 Å². The van der Waals surface area contributed by atoms with Gasteiger partial charge in [0.15, 0.2) is 0 Å². The molecule has 1 rings (SSSR count). The van der Waals surface area contributed by atoms with E-state index in [4.69, 9.17) is 0 Å². The number of benzene rings is 1. The maximum Gasteiger partial charge on any atom is 0.275 e. The van der Waals surface area contributed by atoms with E-state index in [9.17, 15) is 15.2 Å². The van der Waals surface area contributed by atoms with Gasteiger partial charge in [-0.15, -0.1) is 6.58 Å². The van der Waals surface area contributed by atoms with Crippen LogP contribution in [0.3, 0.4) is 0 Å². The Kier molecular flexibility index (Phi) is 4.67. The first-order chi connectivity index (χ1) is 8.81. The van der Waals surface area contributed by atoms with Crippen molar-refractivity contribution in [1.29, 1.82) is 0 Å². The molecule has 0 heterocycles. The highest BCUT2D eigenvalue weighted by Crippen LogP contribution is 2.29. The minimum absolute atomic E-state index is 0.0567. The summed E-state index contributed by atoms with van der Waals surface area (Å²) < 4.78 is 0. The molecule has 1 N–H and O–H groups in total. The fourth-order valence-electron chi connectivity index (χ4n) is 1.94. The molecule has 0 aliphatic heterocycles. The summed E-state index contributed by atoms with van der Waals surface area (Å²) in [6.07, 6.45) is 1.78. The molecule has 0 bridgehead atoms. The van der Waals surface area contributed by atoms with E-state index in [1.54, 1.807) is 18.2 Å². The molecule has 0 aromatic heterocycles. The monoisotopic (exact) mass is 264 g/mol. The van der Waals surface area contributed by atoms with Crippen molar-refractivity contribution in [1.82, 2.24) is 0 Å². The van der Waals surface area contributed by atoms with Gasteiger partial charge in [0.05, 0.1) is 17.1 Å². The van der Waals surface area contributed by atoms with Crippen molar-refractivity contribution in [2.45, 2.75) is 32.9 Å². The molecule has 5 heteroatoms. The largest absolute Gasteiger partial charge is 0.391 e.